The summed E-state index contributed by atoms with van der Waals surface area (Å²) >= 11 is 0. The van der Waals surface area contributed by atoms with Gasteiger partial charge in [-0.3, -0.25) is 0 Å². The Hall–Kier alpha value is -0.170. The van der Waals surface area contributed by atoms with Gasteiger partial charge in [0.25, 0.3) is 0 Å². The highest BCUT2D eigenvalue weighted by Crippen LogP contribution is 2.02. The topological polar surface area (TPSA) is 61.4 Å². The Morgan fingerprint density at radius 3 is 2.30 bits per heavy atom. The van der Waals surface area contributed by atoms with Crippen molar-refractivity contribution < 1.29 is 8.42 Å². The van der Waals surface area contributed by atoms with Gasteiger partial charge in [0.15, 0.2) is 0 Å². The van der Waals surface area contributed by atoms with E-state index in [0.717, 1.165) is 45.6 Å². The molecule has 0 aromatic heterocycles. The third-order valence-corrected chi connectivity index (χ3v) is 4.99. The highest BCUT2D eigenvalue weighted by molar-refractivity contribution is 7.89. The summed E-state index contributed by atoms with van der Waals surface area (Å²) in [5.74, 6) is 0.209. The van der Waals surface area contributed by atoms with Crippen LogP contribution < -0.4 is 10.0 Å². The van der Waals surface area contributed by atoms with Gasteiger partial charge >= 0.3 is 0 Å². The van der Waals surface area contributed by atoms with Crippen LogP contribution in [0.4, 0.5) is 0 Å². The number of rotatable bonds is 13. The first kappa shape index (κ1) is 19.8. The van der Waals surface area contributed by atoms with E-state index in [2.05, 4.69) is 28.8 Å². The molecular formula is C14H33N3O2S. The first-order valence-electron chi connectivity index (χ1n) is 7.88. The van der Waals surface area contributed by atoms with Crippen molar-refractivity contribution in [3.63, 3.8) is 0 Å². The predicted octanol–water partition coefficient (Wildman–Crippen LogP) is 1.42. The minimum Gasteiger partial charge on any atom is -0.317 e. The smallest absolute Gasteiger partial charge is 0.211 e. The second kappa shape index (κ2) is 11.5. The number of nitrogens with zero attached hydrogens (tertiary/aromatic N) is 1. The Morgan fingerprint density at radius 1 is 1.10 bits per heavy atom. The molecule has 0 rings (SSSR count). The zero-order chi connectivity index (χ0) is 15.4. The molecule has 0 radical (unpaired) electrons. The lowest BCUT2D eigenvalue weighted by Gasteiger charge is -2.19. The molecule has 5 nitrogen and oxygen atoms in total. The van der Waals surface area contributed by atoms with Crippen molar-refractivity contribution >= 4 is 10.0 Å². The summed E-state index contributed by atoms with van der Waals surface area (Å²) in [7, 11) is -3.13. The van der Waals surface area contributed by atoms with E-state index >= 15 is 0 Å². The second-order valence-corrected chi connectivity index (χ2v) is 7.09. The van der Waals surface area contributed by atoms with Gasteiger partial charge in [0.05, 0.1) is 5.75 Å². The third kappa shape index (κ3) is 10.6. The van der Waals surface area contributed by atoms with Gasteiger partial charge in [0.2, 0.25) is 10.0 Å². The third-order valence-electron chi connectivity index (χ3n) is 3.40. The monoisotopic (exact) mass is 307 g/mol. The number of hydrogen-bond acceptors (Lipinski definition) is 4. The fourth-order valence-electron chi connectivity index (χ4n) is 2.15. The normalized spacial score (nSPS) is 13.8. The Balaban J connectivity index is 3.85. The molecule has 122 valence electrons. The fourth-order valence-corrected chi connectivity index (χ4v) is 3.52. The molecule has 0 bridgehead atoms. The van der Waals surface area contributed by atoms with E-state index in [1.165, 1.54) is 0 Å². The molecule has 0 aliphatic rings. The van der Waals surface area contributed by atoms with Crippen molar-refractivity contribution in [3.05, 3.63) is 0 Å². The van der Waals surface area contributed by atoms with Gasteiger partial charge < -0.3 is 10.2 Å². The van der Waals surface area contributed by atoms with Crippen molar-refractivity contribution in [2.24, 2.45) is 0 Å². The van der Waals surface area contributed by atoms with Crippen LogP contribution in [0.1, 0.15) is 47.0 Å². The summed E-state index contributed by atoms with van der Waals surface area (Å²) in [5, 5.41) is 3.14. The van der Waals surface area contributed by atoms with Gasteiger partial charge in [0, 0.05) is 6.04 Å². The summed E-state index contributed by atoms with van der Waals surface area (Å²) in [6.45, 7) is 13.1. The van der Waals surface area contributed by atoms with Gasteiger partial charge in [-0.2, -0.15) is 0 Å². The average Bonchev–Trinajstić information content (AvgIpc) is 2.39. The largest absolute Gasteiger partial charge is 0.317 e. The fraction of sp³-hybridized carbons (Fsp3) is 1.00. The van der Waals surface area contributed by atoms with E-state index in [0.29, 0.717) is 6.42 Å². The van der Waals surface area contributed by atoms with Crippen LogP contribution in [0.2, 0.25) is 0 Å². The van der Waals surface area contributed by atoms with E-state index in [-0.39, 0.29) is 11.8 Å². The average molecular weight is 308 g/mol. The van der Waals surface area contributed by atoms with Crippen LogP contribution in [0.3, 0.4) is 0 Å². The molecule has 20 heavy (non-hydrogen) atoms. The van der Waals surface area contributed by atoms with E-state index in [1.807, 2.05) is 13.8 Å². The SMILES string of the molecule is CCNCCCS(=O)(=O)NC(C)CCCN(CC)CC. The van der Waals surface area contributed by atoms with Gasteiger partial charge in [-0.15, -0.1) is 0 Å². The summed E-state index contributed by atoms with van der Waals surface area (Å²) in [5.41, 5.74) is 0. The first-order chi connectivity index (χ1) is 9.45. The van der Waals surface area contributed by atoms with Crippen molar-refractivity contribution in [1.82, 2.24) is 14.9 Å². The Kier molecular flexibility index (Phi) is 11.4. The highest BCUT2D eigenvalue weighted by Gasteiger charge is 2.14. The maximum Gasteiger partial charge on any atom is 0.211 e. The van der Waals surface area contributed by atoms with Crippen molar-refractivity contribution in [3.8, 4) is 0 Å². The first-order valence-corrected chi connectivity index (χ1v) is 9.53. The Morgan fingerprint density at radius 2 is 1.75 bits per heavy atom. The van der Waals surface area contributed by atoms with Gasteiger partial charge in [-0.25, -0.2) is 13.1 Å². The lowest BCUT2D eigenvalue weighted by atomic mass is 10.2. The molecule has 0 spiro atoms. The van der Waals surface area contributed by atoms with Crippen molar-refractivity contribution in [2.45, 2.75) is 53.0 Å². The molecule has 0 saturated heterocycles. The molecule has 0 saturated carbocycles. The van der Waals surface area contributed by atoms with Crippen LogP contribution >= 0.6 is 0 Å². The lowest BCUT2D eigenvalue weighted by molar-refractivity contribution is 0.293. The quantitative estimate of drug-likeness (QED) is 0.505. The molecule has 2 N–H and O–H groups in total. The molecule has 1 atom stereocenters. The predicted molar refractivity (Wildman–Crippen MR) is 86.6 cm³/mol. The van der Waals surface area contributed by atoms with Crippen molar-refractivity contribution in [2.75, 3.05) is 38.5 Å². The van der Waals surface area contributed by atoms with Gasteiger partial charge in [0.1, 0.15) is 0 Å². The standard InChI is InChI=1S/C14H33N3O2S/c1-5-15-11-9-13-20(18,19)16-14(4)10-8-12-17(6-2)7-3/h14-16H,5-13H2,1-4H3. The number of sulfonamides is 1. The van der Waals surface area contributed by atoms with Gasteiger partial charge in [-0.05, 0) is 58.9 Å². The maximum absolute atomic E-state index is 11.9. The molecule has 0 aliphatic carbocycles. The molecule has 0 fully saturated rings. The lowest BCUT2D eigenvalue weighted by Crippen LogP contribution is -2.36. The Labute approximate surface area is 125 Å². The minimum absolute atomic E-state index is 0.0229. The van der Waals surface area contributed by atoms with Crippen LogP contribution in [0, 0.1) is 0 Å². The zero-order valence-electron chi connectivity index (χ0n) is 13.6. The molecule has 0 amide bonds. The summed E-state index contributed by atoms with van der Waals surface area (Å²) in [6.07, 6.45) is 2.58. The summed E-state index contributed by atoms with van der Waals surface area (Å²) < 4.78 is 26.5. The van der Waals surface area contributed by atoms with Crippen LogP contribution in [0.25, 0.3) is 0 Å². The number of nitrogens with one attached hydrogen (secondary N) is 2. The van der Waals surface area contributed by atoms with Crippen LogP contribution in [0.5, 0.6) is 0 Å². The van der Waals surface area contributed by atoms with Crippen molar-refractivity contribution in [1.29, 1.82) is 0 Å². The molecule has 6 heteroatoms. The van der Waals surface area contributed by atoms with E-state index < -0.39 is 10.0 Å². The van der Waals surface area contributed by atoms with Crippen LogP contribution in [-0.4, -0.2) is 57.8 Å². The molecular weight excluding hydrogens is 274 g/mol. The van der Waals surface area contributed by atoms with E-state index in [4.69, 9.17) is 0 Å². The Bertz CT molecular complexity index is 316. The molecule has 0 heterocycles. The van der Waals surface area contributed by atoms with E-state index in [1.54, 1.807) is 0 Å². The van der Waals surface area contributed by atoms with Crippen LogP contribution in [-0.2, 0) is 10.0 Å². The van der Waals surface area contributed by atoms with E-state index in [9.17, 15) is 8.42 Å². The molecule has 1 unspecified atom stereocenters. The number of hydrogen-bond donors (Lipinski definition) is 2. The molecule has 0 aromatic carbocycles. The maximum atomic E-state index is 11.9. The molecule has 0 aromatic rings. The second-order valence-electron chi connectivity index (χ2n) is 5.21. The van der Waals surface area contributed by atoms with Gasteiger partial charge in [-0.1, -0.05) is 20.8 Å². The minimum atomic E-state index is -3.13. The summed E-state index contributed by atoms with van der Waals surface area (Å²) in [6, 6.07) is 0.0229. The van der Waals surface area contributed by atoms with Crippen LogP contribution in [0.15, 0.2) is 0 Å². The zero-order valence-corrected chi connectivity index (χ0v) is 14.4. The summed E-state index contributed by atoms with van der Waals surface area (Å²) in [4.78, 5) is 2.36. The highest BCUT2D eigenvalue weighted by atomic mass is 32.2. The molecule has 0 aliphatic heterocycles.